The molecule has 0 spiro atoms. The zero-order chi connectivity index (χ0) is 11.5. The molecule has 0 aliphatic heterocycles. The molecule has 1 heterocycles. The molecule has 2 N–H and O–H groups in total. The van der Waals surface area contributed by atoms with E-state index in [0.717, 1.165) is 6.42 Å². The molecule has 0 radical (unpaired) electrons. The number of carbonyl (C=O) groups is 2. The lowest BCUT2D eigenvalue weighted by molar-refractivity contribution is -0.141. The summed E-state index contributed by atoms with van der Waals surface area (Å²) in [4.78, 5) is 22.4. The van der Waals surface area contributed by atoms with Gasteiger partial charge in [0, 0.05) is 6.04 Å². The van der Waals surface area contributed by atoms with Gasteiger partial charge in [0.15, 0.2) is 0 Å². The Morgan fingerprint density at radius 3 is 2.81 bits per heavy atom. The van der Waals surface area contributed by atoms with Gasteiger partial charge < -0.3 is 14.8 Å². The van der Waals surface area contributed by atoms with Crippen molar-refractivity contribution in [2.75, 3.05) is 0 Å². The molecule has 0 aromatic carbocycles. The highest BCUT2D eigenvalue weighted by molar-refractivity contribution is 5.94. The minimum Gasteiger partial charge on any atom is -0.481 e. The van der Waals surface area contributed by atoms with E-state index in [2.05, 4.69) is 5.32 Å². The van der Waals surface area contributed by atoms with E-state index in [-0.39, 0.29) is 17.9 Å². The van der Waals surface area contributed by atoms with Crippen molar-refractivity contribution in [2.24, 2.45) is 5.92 Å². The monoisotopic (exact) mass is 223 g/mol. The lowest BCUT2D eigenvalue weighted by Crippen LogP contribution is -2.33. The average molecular weight is 223 g/mol. The lowest BCUT2D eigenvalue weighted by atomic mass is 10.1. The number of hydrogen-bond donors (Lipinski definition) is 2. The first-order valence-electron chi connectivity index (χ1n) is 5.22. The van der Waals surface area contributed by atoms with Crippen LogP contribution in [0.15, 0.2) is 23.0 Å². The molecular weight excluding hydrogens is 210 g/mol. The molecular formula is C11H13NO4. The van der Waals surface area contributed by atoms with Gasteiger partial charge in [-0.2, -0.15) is 0 Å². The number of rotatable bonds is 3. The first-order valence-corrected chi connectivity index (χ1v) is 5.22. The van der Waals surface area contributed by atoms with Crippen molar-refractivity contribution in [2.45, 2.75) is 25.3 Å². The van der Waals surface area contributed by atoms with E-state index < -0.39 is 5.97 Å². The minimum atomic E-state index is -0.778. The van der Waals surface area contributed by atoms with Gasteiger partial charge >= 0.3 is 5.97 Å². The molecule has 0 bridgehead atoms. The SMILES string of the molecule is O=C(NC1CCC(C(=O)O)C1)c1ccoc1. The summed E-state index contributed by atoms with van der Waals surface area (Å²) in [6, 6.07) is 1.54. The Hall–Kier alpha value is -1.78. The van der Waals surface area contributed by atoms with E-state index in [1.807, 2.05) is 0 Å². The van der Waals surface area contributed by atoms with E-state index in [9.17, 15) is 9.59 Å². The summed E-state index contributed by atoms with van der Waals surface area (Å²) < 4.78 is 4.80. The van der Waals surface area contributed by atoms with Gasteiger partial charge in [-0.05, 0) is 25.3 Å². The van der Waals surface area contributed by atoms with Crippen LogP contribution >= 0.6 is 0 Å². The third-order valence-corrected chi connectivity index (χ3v) is 2.90. The highest BCUT2D eigenvalue weighted by Crippen LogP contribution is 2.25. The fourth-order valence-corrected chi connectivity index (χ4v) is 2.00. The molecule has 2 atom stereocenters. The van der Waals surface area contributed by atoms with Gasteiger partial charge in [0.05, 0.1) is 17.7 Å². The van der Waals surface area contributed by atoms with Crippen molar-refractivity contribution in [1.82, 2.24) is 5.32 Å². The maximum absolute atomic E-state index is 11.6. The number of carboxylic acid groups (broad SMARTS) is 1. The van der Waals surface area contributed by atoms with Crippen molar-refractivity contribution in [3.8, 4) is 0 Å². The van der Waals surface area contributed by atoms with Crippen molar-refractivity contribution in [1.29, 1.82) is 0 Å². The number of carboxylic acids is 1. The van der Waals surface area contributed by atoms with E-state index >= 15 is 0 Å². The molecule has 1 aromatic heterocycles. The number of amides is 1. The Labute approximate surface area is 92.4 Å². The van der Waals surface area contributed by atoms with Crippen molar-refractivity contribution in [3.05, 3.63) is 24.2 Å². The molecule has 5 heteroatoms. The molecule has 0 saturated heterocycles. The summed E-state index contributed by atoms with van der Waals surface area (Å²) >= 11 is 0. The highest BCUT2D eigenvalue weighted by Gasteiger charge is 2.30. The van der Waals surface area contributed by atoms with E-state index in [0.29, 0.717) is 18.4 Å². The normalized spacial score (nSPS) is 24.2. The second-order valence-electron chi connectivity index (χ2n) is 4.03. The predicted octanol–water partition coefficient (Wildman–Crippen LogP) is 1.26. The van der Waals surface area contributed by atoms with Crippen LogP contribution < -0.4 is 5.32 Å². The van der Waals surface area contributed by atoms with E-state index in [1.165, 1.54) is 12.5 Å². The predicted molar refractivity (Wildman–Crippen MR) is 54.9 cm³/mol. The molecule has 16 heavy (non-hydrogen) atoms. The molecule has 1 fully saturated rings. The van der Waals surface area contributed by atoms with Crippen LogP contribution in [0.2, 0.25) is 0 Å². The quantitative estimate of drug-likeness (QED) is 0.808. The summed E-state index contributed by atoms with van der Waals surface area (Å²) in [5.74, 6) is -1.31. The second-order valence-corrected chi connectivity index (χ2v) is 4.03. The maximum atomic E-state index is 11.6. The van der Waals surface area contributed by atoms with Gasteiger partial charge in [0.1, 0.15) is 6.26 Å². The van der Waals surface area contributed by atoms with Crippen LogP contribution in [-0.2, 0) is 4.79 Å². The molecule has 1 aliphatic carbocycles. The zero-order valence-electron chi connectivity index (χ0n) is 8.68. The van der Waals surface area contributed by atoms with Crippen LogP contribution in [0.4, 0.5) is 0 Å². The smallest absolute Gasteiger partial charge is 0.306 e. The Balaban J connectivity index is 1.88. The Kier molecular flexibility index (Phi) is 2.94. The van der Waals surface area contributed by atoms with Crippen molar-refractivity contribution >= 4 is 11.9 Å². The topological polar surface area (TPSA) is 79.5 Å². The molecule has 1 amide bonds. The van der Waals surface area contributed by atoms with E-state index in [1.54, 1.807) is 6.07 Å². The van der Waals surface area contributed by atoms with Gasteiger partial charge in [-0.1, -0.05) is 0 Å². The summed E-state index contributed by atoms with van der Waals surface area (Å²) in [5, 5.41) is 11.6. The van der Waals surface area contributed by atoms with Crippen LogP contribution in [-0.4, -0.2) is 23.0 Å². The molecule has 2 rings (SSSR count). The summed E-state index contributed by atoms with van der Waals surface area (Å²) in [5.41, 5.74) is 0.471. The molecule has 1 saturated carbocycles. The molecule has 1 aliphatic rings. The van der Waals surface area contributed by atoms with Crippen molar-refractivity contribution < 1.29 is 19.1 Å². The van der Waals surface area contributed by atoms with Crippen LogP contribution in [0.3, 0.4) is 0 Å². The Morgan fingerprint density at radius 2 is 2.25 bits per heavy atom. The minimum absolute atomic E-state index is 0.0384. The van der Waals surface area contributed by atoms with Crippen LogP contribution in [0, 0.1) is 5.92 Å². The maximum Gasteiger partial charge on any atom is 0.306 e. The van der Waals surface area contributed by atoms with Crippen molar-refractivity contribution in [3.63, 3.8) is 0 Å². The Bertz CT molecular complexity index is 385. The molecule has 2 unspecified atom stereocenters. The number of nitrogens with one attached hydrogen (secondary N) is 1. The standard InChI is InChI=1S/C11H13NO4/c13-10(8-3-4-16-6-8)12-9-2-1-7(5-9)11(14)15/h3-4,6-7,9H,1-2,5H2,(H,12,13)(H,14,15). The first kappa shape index (κ1) is 10.7. The van der Waals surface area contributed by atoms with Crippen LogP contribution in [0.5, 0.6) is 0 Å². The first-order chi connectivity index (χ1) is 7.66. The van der Waals surface area contributed by atoms with Gasteiger partial charge in [0.2, 0.25) is 0 Å². The zero-order valence-corrected chi connectivity index (χ0v) is 8.68. The summed E-state index contributed by atoms with van der Waals surface area (Å²) in [6.45, 7) is 0. The fraction of sp³-hybridized carbons (Fsp3) is 0.455. The largest absolute Gasteiger partial charge is 0.481 e. The summed E-state index contributed by atoms with van der Waals surface area (Å²) in [7, 11) is 0. The second kappa shape index (κ2) is 4.38. The average Bonchev–Trinajstić information content (AvgIpc) is 2.87. The van der Waals surface area contributed by atoms with Gasteiger partial charge in [-0.15, -0.1) is 0 Å². The number of hydrogen-bond acceptors (Lipinski definition) is 3. The molecule has 1 aromatic rings. The third-order valence-electron chi connectivity index (χ3n) is 2.90. The highest BCUT2D eigenvalue weighted by atomic mass is 16.4. The number of aliphatic carboxylic acids is 1. The van der Waals surface area contributed by atoms with Crippen LogP contribution in [0.25, 0.3) is 0 Å². The summed E-state index contributed by atoms with van der Waals surface area (Å²) in [6.07, 6.45) is 4.67. The molecule has 5 nitrogen and oxygen atoms in total. The lowest BCUT2D eigenvalue weighted by Gasteiger charge is -2.11. The van der Waals surface area contributed by atoms with E-state index in [4.69, 9.17) is 9.52 Å². The van der Waals surface area contributed by atoms with Gasteiger partial charge in [0.25, 0.3) is 5.91 Å². The Morgan fingerprint density at radius 1 is 1.44 bits per heavy atom. The number of carbonyl (C=O) groups excluding carboxylic acids is 1. The van der Waals surface area contributed by atoms with Gasteiger partial charge in [-0.3, -0.25) is 9.59 Å². The third kappa shape index (κ3) is 2.24. The number of furan rings is 1. The fourth-order valence-electron chi connectivity index (χ4n) is 2.00. The molecule has 86 valence electrons. The van der Waals surface area contributed by atoms with Gasteiger partial charge in [-0.25, -0.2) is 0 Å². The van der Waals surface area contributed by atoms with Crippen LogP contribution in [0.1, 0.15) is 29.6 Å².